The highest BCUT2D eigenvalue weighted by atomic mass is 16.6. The minimum Gasteiger partial charge on any atom is -0.497 e. The van der Waals surface area contributed by atoms with E-state index in [0.717, 1.165) is 12.0 Å². The van der Waals surface area contributed by atoms with Crippen LogP contribution in [0.25, 0.3) is 0 Å². The molecule has 0 saturated carbocycles. The van der Waals surface area contributed by atoms with Gasteiger partial charge < -0.3 is 19.3 Å². The zero-order chi connectivity index (χ0) is 15.8. The first-order valence-electron chi connectivity index (χ1n) is 7.37. The normalized spacial score (nSPS) is 24.6. The van der Waals surface area contributed by atoms with Crippen LogP contribution in [0, 0.1) is 0 Å². The van der Waals surface area contributed by atoms with Crippen LogP contribution in [0.5, 0.6) is 11.5 Å². The fourth-order valence-corrected chi connectivity index (χ4v) is 2.94. The molecule has 1 aromatic carbocycles. The predicted molar refractivity (Wildman–Crippen MR) is 81.9 cm³/mol. The molecule has 1 N–H and O–H groups in total. The van der Waals surface area contributed by atoms with E-state index < -0.39 is 6.10 Å². The van der Waals surface area contributed by atoms with Crippen molar-refractivity contribution in [2.24, 2.45) is 0 Å². The molecule has 4 nitrogen and oxygen atoms in total. The third kappa shape index (κ3) is 3.50. The lowest BCUT2D eigenvalue weighted by atomic mass is 9.97. The molecular weight excluding hydrogens is 268 g/mol. The van der Waals surface area contributed by atoms with Crippen molar-refractivity contribution in [3.8, 4) is 11.5 Å². The van der Waals surface area contributed by atoms with Crippen LogP contribution in [-0.4, -0.2) is 29.5 Å². The van der Waals surface area contributed by atoms with Gasteiger partial charge in [0, 0.05) is 18.1 Å². The van der Waals surface area contributed by atoms with Crippen LogP contribution in [0.2, 0.25) is 0 Å². The van der Waals surface area contributed by atoms with E-state index in [9.17, 15) is 5.11 Å². The summed E-state index contributed by atoms with van der Waals surface area (Å²) in [6.45, 7) is 9.94. The lowest BCUT2D eigenvalue weighted by Gasteiger charge is -2.28. The van der Waals surface area contributed by atoms with E-state index in [-0.39, 0.29) is 17.3 Å². The zero-order valence-corrected chi connectivity index (χ0v) is 13.8. The van der Waals surface area contributed by atoms with Crippen LogP contribution in [0.1, 0.15) is 52.7 Å². The highest BCUT2D eigenvalue weighted by molar-refractivity contribution is 5.42. The van der Waals surface area contributed by atoms with Gasteiger partial charge in [0.2, 0.25) is 0 Å². The highest BCUT2D eigenvalue weighted by Gasteiger charge is 2.47. The Morgan fingerprint density at radius 2 is 1.95 bits per heavy atom. The van der Waals surface area contributed by atoms with Crippen LogP contribution in [-0.2, 0) is 4.74 Å². The fraction of sp³-hybridized carbons (Fsp3) is 0.647. The molecule has 0 radical (unpaired) electrons. The quantitative estimate of drug-likeness (QED) is 0.923. The molecule has 1 aromatic rings. The maximum Gasteiger partial charge on any atom is 0.130 e. The monoisotopic (exact) mass is 294 g/mol. The van der Waals surface area contributed by atoms with Crippen LogP contribution >= 0.6 is 0 Å². The van der Waals surface area contributed by atoms with Crippen LogP contribution in [0.4, 0.5) is 0 Å². The maximum absolute atomic E-state index is 9.92. The van der Waals surface area contributed by atoms with Crippen molar-refractivity contribution in [3.05, 3.63) is 23.8 Å². The summed E-state index contributed by atoms with van der Waals surface area (Å²) in [5, 5.41) is 9.92. The first-order valence-corrected chi connectivity index (χ1v) is 7.37. The van der Waals surface area contributed by atoms with Gasteiger partial charge in [-0.3, -0.25) is 0 Å². The summed E-state index contributed by atoms with van der Waals surface area (Å²) in [4.78, 5) is 0. The largest absolute Gasteiger partial charge is 0.497 e. The van der Waals surface area contributed by atoms with Gasteiger partial charge >= 0.3 is 0 Å². The van der Waals surface area contributed by atoms with E-state index in [0.29, 0.717) is 11.5 Å². The minimum absolute atomic E-state index is 0.0721. The summed E-state index contributed by atoms with van der Waals surface area (Å²) in [6, 6.07) is 5.49. The Morgan fingerprint density at radius 3 is 2.43 bits per heavy atom. The molecule has 1 fully saturated rings. The summed E-state index contributed by atoms with van der Waals surface area (Å²) in [5.41, 5.74) is 0.178. The third-order valence-electron chi connectivity index (χ3n) is 3.93. The molecule has 1 saturated heterocycles. The van der Waals surface area contributed by atoms with Crippen molar-refractivity contribution in [1.29, 1.82) is 0 Å². The first kappa shape index (κ1) is 16.1. The first-order chi connectivity index (χ1) is 9.64. The van der Waals surface area contributed by atoms with Crippen molar-refractivity contribution in [3.63, 3.8) is 0 Å². The van der Waals surface area contributed by atoms with Gasteiger partial charge in [-0.15, -0.1) is 0 Å². The number of rotatable bonds is 4. The average molecular weight is 294 g/mol. The molecule has 0 aliphatic carbocycles. The van der Waals surface area contributed by atoms with Crippen molar-refractivity contribution in [2.75, 3.05) is 7.11 Å². The smallest absolute Gasteiger partial charge is 0.130 e. The fourth-order valence-electron chi connectivity index (χ4n) is 2.94. The standard InChI is InChI=1S/C17H26O4/c1-11(18)13-8-7-12(19-6)9-14(13)20-15-10-16(2,3)21-17(15,4)5/h7-9,11,15,18H,10H2,1-6H3/t11-,15?/m0/s1. The summed E-state index contributed by atoms with van der Waals surface area (Å²) in [6.07, 6.45) is 0.137. The molecule has 1 heterocycles. The Morgan fingerprint density at radius 1 is 1.29 bits per heavy atom. The second kappa shape index (κ2) is 5.50. The van der Waals surface area contributed by atoms with E-state index in [1.807, 2.05) is 32.0 Å². The molecule has 0 spiro atoms. The number of benzene rings is 1. The van der Waals surface area contributed by atoms with Crippen LogP contribution in [0.15, 0.2) is 18.2 Å². The van der Waals surface area contributed by atoms with Gasteiger partial charge in [0.25, 0.3) is 0 Å². The number of aliphatic hydroxyl groups excluding tert-OH is 1. The summed E-state index contributed by atoms with van der Waals surface area (Å²) >= 11 is 0. The Hall–Kier alpha value is -1.26. The molecule has 1 aliphatic rings. The molecule has 2 rings (SSSR count). The number of aliphatic hydroxyl groups is 1. The average Bonchev–Trinajstić information content (AvgIpc) is 2.56. The van der Waals surface area contributed by atoms with Gasteiger partial charge in [0.15, 0.2) is 0 Å². The van der Waals surface area contributed by atoms with Gasteiger partial charge in [0.1, 0.15) is 23.2 Å². The maximum atomic E-state index is 9.92. The Balaban J connectivity index is 2.30. The molecular formula is C17H26O4. The van der Waals surface area contributed by atoms with E-state index in [2.05, 4.69) is 13.8 Å². The second-order valence-corrected chi connectivity index (χ2v) is 6.86. The van der Waals surface area contributed by atoms with Crippen molar-refractivity contribution >= 4 is 0 Å². The third-order valence-corrected chi connectivity index (χ3v) is 3.93. The molecule has 21 heavy (non-hydrogen) atoms. The summed E-state index contributed by atoms with van der Waals surface area (Å²) in [5.74, 6) is 1.37. The molecule has 0 amide bonds. The van der Waals surface area contributed by atoms with Crippen molar-refractivity contribution in [2.45, 2.75) is 64.4 Å². The SMILES string of the molecule is COc1ccc([C@H](C)O)c(OC2CC(C)(C)OC2(C)C)c1. The lowest BCUT2D eigenvalue weighted by Crippen LogP contribution is -2.37. The van der Waals surface area contributed by atoms with Gasteiger partial charge in [-0.2, -0.15) is 0 Å². The topological polar surface area (TPSA) is 47.9 Å². The minimum atomic E-state index is -0.593. The Bertz CT molecular complexity index is 506. The predicted octanol–water partition coefficient (Wildman–Crippen LogP) is 3.47. The molecule has 0 bridgehead atoms. The van der Waals surface area contributed by atoms with Crippen molar-refractivity contribution in [1.82, 2.24) is 0 Å². The molecule has 1 aliphatic heterocycles. The van der Waals surface area contributed by atoms with Gasteiger partial charge in [0.05, 0.1) is 18.8 Å². The summed E-state index contributed by atoms with van der Waals surface area (Å²) in [7, 11) is 1.62. The number of hydrogen-bond donors (Lipinski definition) is 1. The van der Waals surface area contributed by atoms with E-state index in [1.54, 1.807) is 14.0 Å². The van der Waals surface area contributed by atoms with Gasteiger partial charge in [-0.25, -0.2) is 0 Å². The van der Waals surface area contributed by atoms with Crippen molar-refractivity contribution < 1.29 is 19.3 Å². The molecule has 2 atom stereocenters. The van der Waals surface area contributed by atoms with E-state index in [1.165, 1.54) is 0 Å². The molecule has 118 valence electrons. The Kier molecular flexibility index (Phi) is 4.22. The number of ether oxygens (including phenoxy) is 3. The lowest BCUT2D eigenvalue weighted by molar-refractivity contribution is -0.0848. The van der Waals surface area contributed by atoms with Gasteiger partial charge in [-0.1, -0.05) is 0 Å². The van der Waals surface area contributed by atoms with E-state index >= 15 is 0 Å². The van der Waals surface area contributed by atoms with Gasteiger partial charge in [-0.05, 0) is 46.8 Å². The Labute approximate surface area is 127 Å². The molecule has 4 heteroatoms. The second-order valence-electron chi connectivity index (χ2n) is 6.86. The summed E-state index contributed by atoms with van der Waals surface area (Å²) < 4.78 is 17.5. The highest BCUT2D eigenvalue weighted by Crippen LogP contribution is 2.41. The van der Waals surface area contributed by atoms with Crippen LogP contribution in [0.3, 0.4) is 0 Å². The molecule has 1 unspecified atom stereocenters. The molecule has 0 aromatic heterocycles. The van der Waals surface area contributed by atoms with E-state index in [4.69, 9.17) is 14.2 Å². The number of methoxy groups -OCH3 is 1. The zero-order valence-electron chi connectivity index (χ0n) is 13.8. The number of hydrogen-bond acceptors (Lipinski definition) is 4. The van der Waals surface area contributed by atoms with Crippen LogP contribution < -0.4 is 9.47 Å².